The van der Waals surface area contributed by atoms with Gasteiger partial charge in [-0.3, -0.25) is 4.89 Å². The van der Waals surface area contributed by atoms with E-state index in [2.05, 4.69) is 4.89 Å². The van der Waals surface area contributed by atoms with Crippen molar-refractivity contribution in [3.05, 3.63) is 77.9 Å². The molecular formula is C23H30O5. The van der Waals surface area contributed by atoms with Gasteiger partial charge in [-0.1, -0.05) is 74.5 Å². The van der Waals surface area contributed by atoms with E-state index in [9.17, 15) is 4.79 Å². The number of aliphatic hydroxyl groups is 2. The van der Waals surface area contributed by atoms with Gasteiger partial charge in [0.15, 0.2) is 0 Å². The van der Waals surface area contributed by atoms with Crippen molar-refractivity contribution < 1.29 is 24.8 Å². The minimum Gasteiger partial charge on any atom is -0.393 e. The van der Waals surface area contributed by atoms with Crippen molar-refractivity contribution in [3.8, 4) is 0 Å². The third-order valence-electron chi connectivity index (χ3n) is 4.57. The van der Waals surface area contributed by atoms with Crippen LogP contribution < -0.4 is 0 Å². The Morgan fingerprint density at radius 1 is 0.964 bits per heavy atom. The molecule has 2 atom stereocenters. The third kappa shape index (κ3) is 8.95. The lowest BCUT2D eigenvalue weighted by atomic mass is 9.82. The van der Waals surface area contributed by atoms with Crippen LogP contribution in [0.25, 0.3) is 6.08 Å². The summed E-state index contributed by atoms with van der Waals surface area (Å²) < 4.78 is 0. The van der Waals surface area contributed by atoms with Gasteiger partial charge in [-0.2, -0.15) is 4.89 Å². The molecule has 2 aromatic rings. The Labute approximate surface area is 167 Å². The summed E-state index contributed by atoms with van der Waals surface area (Å²) in [7, 11) is 0. The van der Waals surface area contributed by atoms with E-state index in [0.717, 1.165) is 11.1 Å². The molecule has 2 rings (SSSR count). The quantitative estimate of drug-likeness (QED) is 0.425. The summed E-state index contributed by atoms with van der Waals surface area (Å²) in [6, 6.07) is 19.0. The molecule has 0 amide bonds. The van der Waals surface area contributed by atoms with Crippen molar-refractivity contribution in [2.45, 2.75) is 46.5 Å². The SMILES string of the molecule is C[C@H](O)C(C)(C)[C@@H](C)O.O=C(C=Cc1ccccc1)OOCc1ccccc1. The monoisotopic (exact) mass is 386 g/mol. The molecule has 28 heavy (non-hydrogen) atoms. The maximum Gasteiger partial charge on any atom is 0.365 e. The molecule has 0 bridgehead atoms. The van der Waals surface area contributed by atoms with E-state index >= 15 is 0 Å². The summed E-state index contributed by atoms with van der Waals surface area (Å²) in [6.07, 6.45) is 2.09. The number of carbonyl (C=O) groups is 1. The van der Waals surface area contributed by atoms with Crippen molar-refractivity contribution in [2.24, 2.45) is 5.41 Å². The van der Waals surface area contributed by atoms with Gasteiger partial charge in [0.2, 0.25) is 0 Å². The Kier molecular flexibility index (Phi) is 10.2. The Morgan fingerprint density at radius 3 is 1.93 bits per heavy atom. The molecule has 152 valence electrons. The van der Waals surface area contributed by atoms with Gasteiger partial charge in [-0.25, -0.2) is 4.79 Å². The first-order chi connectivity index (χ1) is 13.2. The summed E-state index contributed by atoms with van der Waals surface area (Å²) in [4.78, 5) is 20.9. The summed E-state index contributed by atoms with van der Waals surface area (Å²) in [5.41, 5.74) is 1.49. The zero-order valence-electron chi connectivity index (χ0n) is 16.9. The Balaban J connectivity index is 0.000000370. The smallest absolute Gasteiger partial charge is 0.365 e. The van der Waals surface area contributed by atoms with Gasteiger partial charge in [0.1, 0.15) is 6.61 Å². The van der Waals surface area contributed by atoms with Crippen molar-refractivity contribution >= 4 is 12.0 Å². The number of rotatable bonds is 7. The molecule has 5 heteroatoms. The fourth-order valence-electron chi connectivity index (χ4n) is 1.84. The van der Waals surface area contributed by atoms with Crippen LogP contribution in [-0.4, -0.2) is 28.4 Å². The molecule has 0 unspecified atom stereocenters. The number of hydrogen-bond acceptors (Lipinski definition) is 5. The van der Waals surface area contributed by atoms with Crippen LogP contribution in [-0.2, 0) is 21.2 Å². The third-order valence-corrected chi connectivity index (χ3v) is 4.57. The second-order valence-electron chi connectivity index (χ2n) is 7.07. The Morgan fingerprint density at radius 2 is 1.46 bits per heavy atom. The van der Waals surface area contributed by atoms with E-state index in [1.165, 1.54) is 6.08 Å². The number of aliphatic hydroxyl groups excluding tert-OH is 2. The van der Waals surface area contributed by atoms with Crippen molar-refractivity contribution in [1.29, 1.82) is 0 Å². The topological polar surface area (TPSA) is 76.0 Å². The minimum atomic E-state index is -0.528. The van der Waals surface area contributed by atoms with E-state index in [4.69, 9.17) is 15.1 Å². The van der Waals surface area contributed by atoms with E-state index in [-0.39, 0.29) is 12.0 Å². The Bertz CT molecular complexity index is 696. The molecule has 0 heterocycles. The zero-order valence-corrected chi connectivity index (χ0v) is 16.9. The fourth-order valence-corrected chi connectivity index (χ4v) is 1.84. The Hall–Kier alpha value is -2.47. The lowest BCUT2D eigenvalue weighted by Crippen LogP contribution is -2.36. The average molecular weight is 386 g/mol. The first-order valence-corrected chi connectivity index (χ1v) is 9.20. The maximum absolute atomic E-state index is 11.4. The zero-order chi connectivity index (χ0) is 21.0. The van der Waals surface area contributed by atoms with Crippen LogP contribution in [0.5, 0.6) is 0 Å². The second-order valence-corrected chi connectivity index (χ2v) is 7.07. The first kappa shape index (κ1) is 23.6. The summed E-state index contributed by atoms with van der Waals surface area (Å²) in [6.45, 7) is 7.29. The molecule has 0 spiro atoms. The molecule has 0 aromatic heterocycles. The molecule has 0 radical (unpaired) electrons. The normalized spacial score (nSPS) is 13.4. The molecule has 0 fully saturated rings. The summed E-state index contributed by atoms with van der Waals surface area (Å²) in [5, 5.41) is 18.2. The van der Waals surface area contributed by atoms with Crippen LogP contribution in [0.15, 0.2) is 66.7 Å². The van der Waals surface area contributed by atoms with Gasteiger partial charge in [0, 0.05) is 11.5 Å². The highest BCUT2D eigenvalue weighted by molar-refractivity contribution is 5.86. The molecule has 0 aliphatic rings. The molecule has 0 aliphatic carbocycles. The van der Waals surface area contributed by atoms with Gasteiger partial charge in [0.25, 0.3) is 0 Å². The average Bonchev–Trinajstić information content (AvgIpc) is 2.68. The van der Waals surface area contributed by atoms with Crippen LogP contribution in [0, 0.1) is 5.41 Å². The van der Waals surface area contributed by atoms with Crippen LogP contribution in [0.2, 0.25) is 0 Å². The number of benzene rings is 2. The van der Waals surface area contributed by atoms with E-state index in [1.54, 1.807) is 19.9 Å². The lowest BCUT2D eigenvalue weighted by Gasteiger charge is -2.30. The van der Waals surface area contributed by atoms with Crippen LogP contribution in [0.4, 0.5) is 0 Å². The van der Waals surface area contributed by atoms with Gasteiger partial charge >= 0.3 is 5.97 Å². The molecule has 2 aromatic carbocycles. The summed E-state index contributed by atoms with van der Waals surface area (Å²) >= 11 is 0. The van der Waals surface area contributed by atoms with Gasteiger partial charge in [-0.05, 0) is 31.1 Å². The van der Waals surface area contributed by atoms with Gasteiger partial charge in [0.05, 0.1) is 12.2 Å². The van der Waals surface area contributed by atoms with Crippen LogP contribution >= 0.6 is 0 Å². The number of hydrogen-bond donors (Lipinski definition) is 2. The second kappa shape index (κ2) is 12.1. The highest BCUT2D eigenvalue weighted by Gasteiger charge is 2.29. The van der Waals surface area contributed by atoms with E-state index in [0.29, 0.717) is 0 Å². The van der Waals surface area contributed by atoms with E-state index in [1.807, 2.05) is 74.5 Å². The highest BCUT2D eigenvalue weighted by Crippen LogP contribution is 2.24. The molecule has 2 N–H and O–H groups in total. The van der Waals surface area contributed by atoms with Gasteiger partial charge in [-0.15, -0.1) is 0 Å². The molecule has 0 saturated carbocycles. The maximum atomic E-state index is 11.4. The standard InChI is InChI=1S/C16H14O3.C7H16O2/c17-16(12-11-14-7-3-1-4-8-14)19-18-13-15-9-5-2-6-10-15;1-5(8)7(3,4)6(2)9/h1-12H,13H2;5-6,8-9H,1-4H3/t;5-,6+. The van der Waals surface area contributed by atoms with Crippen LogP contribution in [0.1, 0.15) is 38.8 Å². The van der Waals surface area contributed by atoms with Crippen LogP contribution in [0.3, 0.4) is 0 Å². The number of carbonyl (C=O) groups excluding carboxylic acids is 1. The molecule has 0 saturated heterocycles. The predicted octanol–water partition coefficient (Wildman–Crippen LogP) is 4.15. The van der Waals surface area contributed by atoms with Gasteiger partial charge < -0.3 is 10.2 Å². The molecule has 0 aliphatic heterocycles. The van der Waals surface area contributed by atoms with Crippen molar-refractivity contribution in [2.75, 3.05) is 0 Å². The fraction of sp³-hybridized carbons (Fsp3) is 0.348. The lowest BCUT2D eigenvalue weighted by molar-refractivity contribution is -0.275. The van der Waals surface area contributed by atoms with E-state index < -0.39 is 18.2 Å². The van der Waals surface area contributed by atoms with Crippen molar-refractivity contribution in [1.82, 2.24) is 0 Å². The minimum absolute atomic E-state index is 0.242. The molecule has 5 nitrogen and oxygen atoms in total. The summed E-state index contributed by atoms with van der Waals surface area (Å²) in [5.74, 6) is -0.528. The largest absolute Gasteiger partial charge is 0.393 e. The predicted molar refractivity (Wildman–Crippen MR) is 110 cm³/mol. The highest BCUT2D eigenvalue weighted by atomic mass is 17.2. The van der Waals surface area contributed by atoms with Crippen molar-refractivity contribution in [3.63, 3.8) is 0 Å². The molecular weight excluding hydrogens is 356 g/mol. The first-order valence-electron chi connectivity index (χ1n) is 9.20.